The number of hydrogen-bond donors (Lipinski definition) is 2. The molecule has 2 N–H and O–H groups in total. The summed E-state index contributed by atoms with van der Waals surface area (Å²) in [6, 6.07) is 7.64. The van der Waals surface area contributed by atoms with Crippen LogP contribution in [0.5, 0.6) is 0 Å². The predicted octanol–water partition coefficient (Wildman–Crippen LogP) is 3.05. The molecule has 4 nitrogen and oxygen atoms in total. The minimum Gasteiger partial charge on any atom is -0.449 e. The standard InChI is InChI=1S/C10H10BrNO3/c11-8-3-1-2-7(6-8)4-5-9(12)15-10(13)14/h1-3,6,12H,4-5H2,(H,13,14). The van der Waals surface area contributed by atoms with Crippen molar-refractivity contribution in [2.24, 2.45) is 0 Å². The minimum absolute atomic E-state index is 0.234. The third kappa shape index (κ3) is 4.60. The molecule has 0 amide bonds. The lowest BCUT2D eigenvalue weighted by atomic mass is 10.1. The second-order valence-electron chi connectivity index (χ2n) is 2.92. The van der Waals surface area contributed by atoms with Crippen molar-refractivity contribution >= 4 is 28.0 Å². The van der Waals surface area contributed by atoms with Gasteiger partial charge in [-0.15, -0.1) is 0 Å². The molecule has 5 heteroatoms. The molecule has 15 heavy (non-hydrogen) atoms. The molecular formula is C10H10BrNO3. The first kappa shape index (κ1) is 11.7. The Labute approximate surface area is 95.5 Å². The quantitative estimate of drug-likeness (QED) is 0.504. The van der Waals surface area contributed by atoms with E-state index in [0.717, 1.165) is 10.0 Å². The van der Waals surface area contributed by atoms with Crippen LogP contribution in [0.1, 0.15) is 12.0 Å². The monoisotopic (exact) mass is 271 g/mol. The zero-order valence-electron chi connectivity index (χ0n) is 7.87. The summed E-state index contributed by atoms with van der Waals surface area (Å²) in [5, 5.41) is 15.5. The van der Waals surface area contributed by atoms with E-state index in [2.05, 4.69) is 20.7 Å². The van der Waals surface area contributed by atoms with E-state index >= 15 is 0 Å². The van der Waals surface area contributed by atoms with Crippen molar-refractivity contribution in [2.45, 2.75) is 12.8 Å². The summed E-state index contributed by atoms with van der Waals surface area (Å²) in [6.07, 6.45) is -0.567. The van der Waals surface area contributed by atoms with Gasteiger partial charge >= 0.3 is 6.16 Å². The molecule has 0 saturated heterocycles. The smallest absolute Gasteiger partial charge is 0.449 e. The Hall–Kier alpha value is -1.36. The van der Waals surface area contributed by atoms with Crippen LogP contribution < -0.4 is 0 Å². The zero-order chi connectivity index (χ0) is 11.3. The highest BCUT2D eigenvalue weighted by atomic mass is 79.9. The fourth-order valence-electron chi connectivity index (χ4n) is 1.11. The molecule has 0 fully saturated rings. The molecule has 0 heterocycles. The lowest BCUT2D eigenvalue weighted by Gasteiger charge is -2.02. The molecule has 1 aromatic carbocycles. The molecule has 0 radical (unpaired) electrons. The van der Waals surface area contributed by atoms with Gasteiger partial charge in [0.2, 0.25) is 0 Å². The fraction of sp³-hybridized carbons (Fsp3) is 0.200. The number of carbonyl (C=O) groups is 1. The van der Waals surface area contributed by atoms with E-state index in [4.69, 9.17) is 10.5 Å². The first-order valence-electron chi connectivity index (χ1n) is 4.30. The Balaban J connectivity index is 2.43. The number of aryl methyl sites for hydroxylation is 1. The van der Waals surface area contributed by atoms with Crippen molar-refractivity contribution in [3.05, 3.63) is 34.3 Å². The molecule has 0 spiro atoms. The Morgan fingerprint density at radius 3 is 2.87 bits per heavy atom. The van der Waals surface area contributed by atoms with Gasteiger partial charge in [0.1, 0.15) is 0 Å². The van der Waals surface area contributed by atoms with Gasteiger partial charge in [-0.1, -0.05) is 28.1 Å². The highest BCUT2D eigenvalue weighted by Crippen LogP contribution is 2.13. The number of rotatable bonds is 3. The lowest BCUT2D eigenvalue weighted by Crippen LogP contribution is -2.09. The molecule has 1 aromatic rings. The maximum Gasteiger partial charge on any atom is 0.512 e. The van der Waals surface area contributed by atoms with E-state index in [0.29, 0.717) is 6.42 Å². The van der Waals surface area contributed by atoms with Crippen LogP contribution >= 0.6 is 15.9 Å². The summed E-state index contributed by atoms with van der Waals surface area (Å²) in [4.78, 5) is 10.1. The largest absolute Gasteiger partial charge is 0.512 e. The average Bonchev–Trinajstić information content (AvgIpc) is 2.14. The number of nitrogens with one attached hydrogen (secondary N) is 1. The molecule has 80 valence electrons. The van der Waals surface area contributed by atoms with Gasteiger partial charge in [-0.05, 0) is 24.1 Å². The second-order valence-corrected chi connectivity index (χ2v) is 3.84. The van der Waals surface area contributed by atoms with Gasteiger partial charge in [0, 0.05) is 10.9 Å². The normalized spacial score (nSPS) is 9.67. The van der Waals surface area contributed by atoms with Gasteiger partial charge in [-0.3, -0.25) is 5.41 Å². The third-order valence-electron chi connectivity index (χ3n) is 1.74. The SMILES string of the molecule is N=C(CCc1cccc(Br)c1)OC(=O)O. The van der Waals surface area contributed by atoms with Crippen molar-refractivity contribution in [2.75, 3.05) is 0 Å². The summed E-state index contributed by atoms with van der Waals surface area (Å²) >= 11 is 3.33. The number of benzene rings is 1. The van der Waals surface area contributed by atoms with E-state index in [1.165, 1.54) is 0 Å². The van der Waals surface area contributed by atoms with Crippen molar-refractivity contribution < 1.29 is 14.6 Å². The van der Waals surface area contributed by atoms with E-state index in [9.17, 15) is 4.79 Å². The van der Waals surface area contributed by atoms with Gasteiger partial charge in [-0.2, -0.15) is 0 Å². The van der Waals surface area contributed by atoms with E-state index < -0.39 is 6.16 Å². The van der Waals surface area contributed by atoms with Crippen molar-refractivity contribution in [1.29, 1.82) is 5.41 Å². The van der Waals surface area contributed by atoms with Crippen molar-refractivity contribution in [3.8, 4) is 0 Å². The number of carboxylic acid groups (broad SMARTS) is 1. The van der Waals surface area contributed by atoms with Gasteiger partial charge in [0.25, 0.3) is 0 Å². The molecule has 0 aliphatic carbocycles. The highest BCUT2D eigenvalue weighted by Gasteiger charge is 2.04. The second kappa shape index (κ2) is 5.50. The Morgan fingerprint density at radius 1 is 1.53 bits per heavy atom. The van der Waals surface area contributed by atoms with Crippen LogP contribution in [0.4, 0.5) is 4.79 Å². The zero-order valence-corrected chi connectivity index (χ0v) is 9.45. The molecule has 0 atom stereocenters. The molecule has 0 bridgehead atoms. The Bertz CT molecular complexity index is 379. The molecule has 0 aromatic heterocycles. The average molecular weight is 272 g/mol. The maximum absolute atomic E-state index is 10.1. The summed E-state index contributed by atoms with van der Waals surface area (Å²) in [6.45, 7) is 0. The van der Waals surface area contributed by atoms with Crippen LogP contribution in [0, 0.1) is 5.41 Å². The van der Waals surface area contributed by atoms with Crippen LogP contribution in [0.2, 0.25) is 0 Å². The molecule has 0 aliphatic rings. The molecule has 0 saturated carbocycles. The van der Waals surface area contributed by atoms with Gasteiger partial charge in [0.05, 0.1) is 0 Å². The van der Waals surface area contributed by atoms with Crippen LogP contribution in [0.3, 0.4) is 0 Å². The molecule has 1 rings (SSSR count). The minimum atomic E-state index is -1.44. The number of halogens is 1. The van der Waals surface area contributed by atoms with E-state index in [1.807, 2.05) is 24.3 Å². The maximum atomic E-state index is 10.1. The number of ether oxygens (including phenoxy) is 1. The summed E-state index contributed by atoms with van der Waals surface area (Å²) < 4.78 is 5.15. The van der Waals surface area contributed by atoms with Gasteiger partial charge < -0.3 is 9.84 Å². The van der Waals surface area contributed by atoms with Gasteiger partial charge in [-0.25, -0.2) is 4.79 Å². The lowest BCUT2D eigenvalue weighted by molar-refractivity contribution is 0.139. The summed E-state index contributed by atoms with van der Waals surface area (Å²) in [5.74, 6) is -0.234. The Kier molecular flexibility index (Phi) is 4.30. The summed E-state index contributed by atoms with van der Waals surface area (Å²) in [5.41, 5.74) is 1.03. The first-order valence-corrected chi connectivity index (χ1v) is 5.10. The van der Waals surface area contributed by atoms with Crippen molar-refractivity contribution in [3.63, 3.8) is 0 Å². The van der Waals surface area contributed by atoms with E-state index in [1.54, 1.807) is 0 Å². The molecule has 0 aliphatic heterocycles. The van der Waals surface area contributed by atoms with Crippen LogP contribution in [-0.2, 0) is 11.2 Å². The highest BCUT2D eigenvalue weighted by molar-refractivity contribution is 9.10. The van der Waals surface area contributed by atoms with Crippen LogP contribution in [-0.4, -0.2) is 17.2 Å². The third-order valence-corrected chi connectivity index (χ3v) is 2.23. The number of hydrogen-bond acceptors (Lipinski definition) is 3. The van der Waals surface area contributed by atoms with Crippen LogP contribution in [0.15, 0.2) is 28.7 Å². The van der Waals surface area contributed by atoms with Gasteiger partial charge in [0.15, 0.2) is 5.90 Å². The molecular weight excluding hydrogens is 262 g/mol. The first-order chi connectivity index (χ1) is 7.08. The molecule has 0 unspecified atom stereocenters. The van der Waals surface area contributed by atoms with E-state index in [-0.39, 0.29) is 12.3 Å². The fourth-order valence-corrected chi connectivity index (χ4v) is 1.55. The summed E-state index contributed by atoms with van der Waals surface area (Å²) in [7, 11) is 0. The predicted molar refractivity (Wildman–Crippen MR) is 59.3 cm³/mol. The Morgan fingerprint density at radius 2 is 2.27 bits per heavy atom. The topological polar surface area (TPSA) is 70.4 Å². The van der Waals surface area contributed by atoms with Crippen molar-refractivity contribution in [1.82, 2.24) is 0 Å². The van der Waals surface area contributed by atoms with Crippen LogP contribution in [0.25, 0.3) is 0 Å².